The third-order valence-electron chi connectivity index (χ3n) is 4.33. The van der Waals surface area contributed by atoms with Crippen molar-refractivity contribution in [2.24, 2.45) is 0 Å². The van der Waals surface area contributed by atoms with Crippen molar-refractivity contribution in [2.75, 3.05) is 7.11 Å². The van der Waals surface area contributed by atoms with Gasteiger partial charge in [0.05, 0.1) is 12.5 Å². The number of ether oxygens (including phenoxy) is 1. The summed E-state index contributed by atoms with van der Waals surface area (Å²) in [7, 11) is 1.68. The molecule has 0 atom stereocenters. The number of hydrogen-bond acceptors (Lipinski definition) is 4. The summed E-state index contributed by atoms with van der Waals surface area (Å²) in [6.45, 7) is 4.36. The number of nitrogens with zero attached hydrogens (tertiary/aromatic N) is 3. The van der Waals surface area contributed by atoms with Crippen LogP contribution in [0.15, 0.2) is 72.1 Å². The molecule has 2 aromatic heterocycles. The molecule has 136 valence electrons. The third-order valence-corrected chi connectivity index (χ3v) is 5.34. The van der Waals surface area contributed by atoms with Gasteiger partial charge in [-0.15, -0.1) is 11.8 Å². The Morgan fingerprint density at radius 3 is 2.37 bits per heavy atom. The highest BCUT2D eigenvalue weighted by Gasteiger charge is 2.18. The molecule has 2 heterocycles. The topological polar surface area (TPSA) is 39.9 Å². The highest BCUT2D eigenvalue weighted by molar-refractivity contribution is 8.00. The molecule has 4 rings (SSSR count). The first-order valence-corrected chi connectivity index (χ1v) is 9.78. The molecule has 4 aromatic rings. The van der Waals surface area contributed by atoms with Crippen molar-refractivity contribution >= 4 is 22.8 Å². The minimum absolute atomic E-state index is 0.441. The molecule has 0 radical (unpaired) electrons. The standard InChI is InChI=1S/C22H21N3OS/c1-15(2)27-22-20-19(16-7-5-4-6-8-16)13-25(21(20)23-14-24-22)17-9-11-18(26-3)12-10-17/h4-15H,1-3H3. The second-order valence-electron chi connectivity index (χ2n) is 6.52. The Bertz CT molecular complexity index is 1060. The van der Waals surface area contributed by atoms with Crippen LogP contribution in [-0.2, 0) is 0 Å². The average molecular weight is 375 g/mol. The molecule has 0 spiro atoms. The predicted molar refractivity (Wildman–Crippen MR) is 112 cm³/mol. The molecule has 5 heteroatoms. The largest absolute Gasteiger partial charge is 0.497 e. The Morgan fingerprint density at radius 2 is 1.70 bits per heavy atom. The van der Waals surface area contributed by atoms with Gasteiger partial charge in [0, 0.05) is 22.7 Å². The first kappa shape index (κ1) is 17.6. The number of methoxy groups -OCH3 is 1. The van der Waals surface area contributed by atoms with Crippen molar-refractivity contribution in [3.63, 3.8) is 0 Å². The van der Waals surface area contributed by atoms with Gasteiger partial charge in [0.2, 0.25) is 0 Å². The maximum atomic E-state index is 5.29. The summed E-state index contributed by atoms with van der Waals surface area (Å²) in [5, 5.41) is 2.55. The quantitative estimate of drug-likeness (QED) is 0.336. The van der Waals surface area contributed by atoms with Crippen molar-refractivity contribution in [3.8, 4) is 22.6 Å². The number of fused-ring (bicyclic) bond motifs is 1. The van der Waals surface area contributed by atoms with E-state index in [4.69, 9.17) is 4.74 Å². The van der Waals surface area contributed by atoms with Gasteiger partial charge in [0.25, 0.3) is 0 Å². The molecule has 0 aliphatic heterocycles. The van der Waals surface area contributed by atoms with Gasteiger partial charge >= 0.3 is 0 Å². The lowest BCUT2D eigenvalue weighted by molar-refractivity contribution is 0.415. The minimum atomic E-state index is 0.441. The monoisotopic (exact) mass is 375 g/mol. The lowest BCUT2D eigenvalue weighted by Crippen LogP contribution is -1.96. The molecule has 0 unspecified atom stereocenters. The van der Waals surface area contributed by atoms with Crippen LogP contribution in [0.2, 0.25) is 0 Å². The second kappa shape index (κ2) is 7.45. The van der Waals surface area contributed by atoms with E-state index in [-0.39, 0.29) is 0 Å². The maximum Gasteiger partial charge on any atom is 0.149 e. The van der Waals surface area contributed by atoms with Crippen LogP contribution in [0.5, 0.6) is 5.75 Å². The molecule has 0 saturated carbocycles. The van der Waals surface area contributed by atoms with E-state index in [1.165, 1.54) is 0 Å². The lowest BCUT2D eigenvalue weighted by Gasteiger charge is -2.08. The van der Waals surface area contributed by atoms with E-state index in [0.717, 1.165) is 38.6 Å². The molecular formula is C22H21N3OS. The van der Waals surface area contributed by atoms with Crippen molar-refractivity contribution in [1.29, 1.82) is 0 Å². The smallest absolute Gasteiger partial charge is 0.149 e. The maximum absolute atomic E-state index is 5.29. The number of aromatic nitrogens is 3. The van der Waals surface area contributed by atoms with Gasteiger partial charge in [-0.3, -0.25) is 0 Å². The van der Waals surface area contributed by atoms with Crippen LogP contribution in [0.25, 0.3) is 27.8 Å². The van der Waals surface area contributed by atoms with Gasteiger partial charge in [-0.05, 0) is 29.8 Å². The Kier molecular flexibility index (Phi) is 4.86. The van der Waals surface area contributed by atoms with E-state index >= 15 is 0 Å². The van der Waals surface area contributed by atoms with Gasteiger partial charge in [-0.1, -0.05) is 44.2 Å². The van der Waals surface area contributed by atoms with Gasteiger partial charge in [-0.2, -0.15) is 0 Å². The summed E-state index contributed by atoms with van der Waals surface area (Å²) in [5.41, 5.74) is 4.26. The highest BCUT2D eigenvalue weighted by atomic mass is 32.2. The van der Waals surface area contributed by atoms with Crippen molar-refractivity contribution in [3.05, 3.63) is 67.1 Å². The van der Waals surface area contributed by atoms with E-state index in [2.05, 4.69) is 58.8 Å². The number of rotatable bonds is 5. The van der Waals surface area contributed by atoms with Gasteiger partial charge < -0.3 is 9.30 Å². The van der Waals surface area contributed by atoms with Crippen molar-refractivity contribution < 1.29 is 4.74 Å². The predicted octanol–water partition coefficient (Wildman–Crippen LogP) is 5.60. The van der Waals surface area contributed by atoms with E-state index in [9.17, 15) is 0 Å². The molecule has 0 aliphatic carbocycles. The van der Waals surface area contributed by atoms with Crippen LogP contribution >= 0.6 is 11.8 Å². The van der Waals surface area contributed by atoms with Crippen LogP contribution in [0.3, 0.4) is 0 Å². The fraction of sp³-hybridized carbons (Fsp3) is 0.182. The second-order valence-corrected chi connectivity index (χ2v) is 8.09. The molecule has 2 aromatic carbocycles. The summed E-state index contributed by atoms with van der Waals surface area (Å²) in [6.07, 6.45) is 3.81. The zero-order valence-electron chi connectivity index (χ0n) is 15.6. The zero-order chi connectivity index (χ0) is 18.8. The van der Waals surface area contributed by atoms with E-state index in [1.54, 1.807) is 25.2 Å². The Morgan fingerprint density at radius 1 is 0.963 bits per heavy atom. The molecule has 0 saturated heterocycles. The fourth-order valence-electron chi connectivity index (χ4n) is 3.12. The summed E-state index contributed by atoms with van der Waals surface area (Å²) >= 11 is 1.77. The SMILES string of the molecule is COc1ccc(-n2cc(-c3ccccc3)c3c(SC(C)C)ncnc32)cc1. The third kappa shape index (κ3) is 3.43. The number of hydrogen-bond donors (Lipinski definition) is 0. The van der Waals surface area contributed by atoms with Crippen LogP contribution < -0.4 is 4.74 Å². The summed E-state index contributed by atoms with van der Waals surface area (Å²) in [6, 6.07) is 18.4. The normalized spacial score (nSPS) is 11.3. The highest BCUT2D eigenvalue weighted by Crippen LogP contribution is 2.37. The molecule has 0 fully saturated rings. The van der Waals surface area contributed by atoms with Crippen LogP contribution in [0.4, 0.5) is 0 Å². The summed E-state index contributed by atoms with van der Waals surface area (Å²) in [5.74, 6) is 0.837. The van der Waals surface area contributed by atoms with E-state index < -0.39 is 0 Å². The van der Waals surface area contributed by atoms with Gasteiger partial charge in [-0.25, -0.2) is 9.97 Å². The van der Waals surface area contributed by atoms with E-state index in [1.807, 2.05) is 30.3 Å². The molecule has 0 N–H and O–H groups in total. The van der Waals surface area contributed by atoms with Crippen molar-refractivity contribution in [1.82, 2.24) is 14.5 Å². The van der Waals surface area contributed by atoms with Crippen molar-refractivity contribution in [2.45, 2.75) is 24.1 Å². The molecule has 27 heavy (non-hydrogen) atoms. The lowest BCUT2D eigenvalue weighted by atomic mass is 10.1. The number of benzene rings is 2. The van der Waals surface area contributed by atoms with E-state index in [0.29, 0.717) is 5.25 Å². The number of thioether (sulfide) groups is 1. The molecule has 0 amide bonds. The summed E-state index contributed by atoms with van der Waals surface area (Å²) < 4.78 is 7.42. The van der Waals surface area contributed by atoms with Gasteiger partial charge in [0.15, 0.2) is 0 Å². The van der Waals surface area contributed by atoms with Gasteiger partial charge in [0.1, 0.15) is 22.7 Å². The molecule has 4 nitrogen and oxygen atoms in total. The van der Waals surface area contributed by atoms with Crippen LogP contribution in [0.1, 0.15) is 13.8 Å². The molecule has 0 aliphatic rings. The van der Waals surface area contributed by atoms with Crippen LogP contribution in [0, 0.1) is 0 Å². The Balaban J connectivity index is 1.97. The average Bonchev–Trinajstić information content (AvgIpc) is 3.09. The first-order chi connectivity index (χ1) is 13.2. The minimum Gasteiger partial charge on any atom is -0.497 e. The van der Waals surface area contributed by atoms with Crippen LogP contribution in [-0.4, -0.2) is 26.9 Å². The fourth-order valence-corrected chi connectivity index (χ4v) is 4.00. The zero-order valence-corrected chi connectivity index (χ0v) is 16.4. The Hall–Kier alpha value is -2.79. The first-order valence-electron chi connectivity index (χ1n) is 8.90. The molecule has 0 bridgehead atoms. The Labute approximate surface area is 163 Å². The summed E-state index contributed by atoms with van der Waals surface area (Å²) in [4.78, 5) is 9.21. The molecular weight excluding hydrogens is 354 g/mol.